The van der Waals surface area contributed by atoms with Crippen LogP contribution >= 0.6 is 23.4 Å². The van der Waals surface area contributed by atoms with Gasteiger partial charge in [-0.15, -0.1) is 0 Å². The number of nitrogens with zero attached hydrogens (tertiary/aromatic N) is 1. The van der Waals surface area contributed by atoms with Gasteiger partial charge < -0.3 is 15.4 Å². The minimum absolute atomic E-state index is 0.252. The van der Waals surface area contributed by atoms with Crippen LogP contribution in [0, 0.1) is 12.7 Å². The number of carbonyl (C=O) groups excluding carboxylic acids is 2. The number of thioether (sulfide) groups is 1. The van der Waals surface area contributed by atoms with Crippen molar-refractivity contribution in [2.75, 3.05) is 11.9 Å². The van der Waals surface area contributed by atoms with E-state index in [0.29, 0.717) is 37.8 Å². The van der Waals surface area contributed by atoms with Gasteiger partial charge in [-0.1, -0.05) is 35.9 Å². The third-order valence-electron chi connectivity index (χ3n) is 4.80. The van der Waals surface area contributed by atoms with Gasteiger partial charge in [0.2, 0.25) is 0 Å². The Hall–Kier alpha value is -3.62. The Morgan fingerprint density at radius 1 is 1.15 bits per heavy atom. The highest BCUT2D eigenvalue weighted by Crippen LogP contribution is 2.32. The second-order valence-corrected chi connectivity index (χ2v) is 8.69. The first kappa shape index (κ1) is 23.5. The van der Waals surface area contributed by atoms with Gasteiger partial charge >= 0.3 is 0 Å². The fourth-order valence-corrected chi connectivity index (χ4v) is 4.05. The first-order chi connectivity index (χ1) is 16.4. The first-order valence-corrected chi connectivity index (χ1v) is 11.4. The van der Waals surface area contributed by atoms with Gasteiger partial charge in [-0.05, 0) is 72.8 Å². The van der Waals surface area contributed by atoms with Crippen LogP contribution in [-0.4, -0.2) is 23.6 Å². The van der Waals surface area contributed by atoms with Crippen LogP contribution in [0.1, 0.15) is 11.1 Å². The highest BCUT2D eigenvalue weighted by Gasteiger charge is 2.24. The third-order valence-corrected chi connectivity index (χ3v) is 6.12. The van der Waals surface area contributed by atoms with Gasteiger partial charge in [0.05, 0.1) is 10.6 Å². The van der Waals surface area contributed by atoms with Gasteiger partial charge in [0, 0.05) is 16.3 Å². The molecule has 0 aromatic heterocycles. The van der Waals surface area contributed by atoms with Crippen LogP contribution in [0.2, 0.25) is 5.02 Å². The lowest BCUT2D eigenvalue weighted by atomic mass is 10.2. The molecule has 1 aliphatic heterocycles. The van der Waals surface area contributed by atoms with Crippen LogP contribution in [0.5, 0.6) is 5.75 Å². The number of rotatable bonds is 6. The Labute approximate surface area is 204 Å². The number of ether oxygens (including phenoxy) is 1. The summed E-state index contributed by atoms with van der Waals surface area (Å²) >= 11 is 7.35. The first-order valence-electron chi connectivity index (χ1n) is 10.2. The maximum Gasteiger partial charge on any atom is 0.264 e. The van der Waals surface area contributed by atoms with E-state index in [9.17, 15) is 14.0 Å². The Morgan fingerprint density at radius 3 is 2.71 bits per heavy atom. The Bertz CT molecular complexity index is 1310. The lowest BCUT2D eigenvalue weighted by molar-refractivity contribution is -0.118. The number of anilines is 1. The number of carbonyl (C=O) groups is 2. The van der Waals surface area contributed by atoms with Gasteiger partial charge in [-0.2, -0.15) is 0 Å². The molecule has 1 heterocycles. The maximum atomic E-state index is 13.0. The molecule has 0 spiro atoms. The van der Waals surface area contributed by atoms with E-state index in [-0.39, 0.29) is 18.3 Å². The SMILES string of the molecule is Cc1c(Cl)cccc1N=C1NC(=O)/C(=C\c2ccccc2OCC(=O)Nc2ccc(F)cc2)S1. The molecule has 2 N–H and O–H groups in total. The van der Waals surface area contributed by atoms with Crippen LogP contribution in [0.4, 0.5) is 15.8 Å². The summed E-state index contributed by atoms with van der Waals surface area (Å²) in [4.78, 5) is 29.6. The van der Waals surface area contributed by atoms with Crippen molar-refractivity contribution in [2.24, 2.45) is 4.99 Å². The predicted molar refractivity (Wildman–Crippen MR) is 134 cm³/mol. The topological polar surface area (TPSA) is 79.8 Å². The molecule has 0 aliphatic carbocycles. The zero-order valence-corrected chi connectivity index (χ0v) is 19.5. The van der Waals surface area contributed by atoms with Gasteiger partial charge in [0.1, 0.15) is 11.6 Å². The molecule has 1 aliphatic rings. The van der Waals surface area contributed by atoms with E-state index >= 15 is 0 Å². The number of benzene rings is 3. The lowest BCUT2D eigenvalue weighted by Crippen LogP contribution is -2.20. The van der Waals surface area contributed by atoms with Crippen molar-refractivity contribution in [3.63, 3.8) is 0 Å². The van der Waals surface area contributed by atoms with Gasteiger partial charge in [-0.25, -0.2) is 9.38 Å². The molecule has 6 nitrogen and oxygen atoms in total. The molecule has 172 valence electrons. The summed E-state index contributed by atoms with van der Waals surface area (Å²) < 4.78 is 18.7. The summed E-state index contributed by atoms with van der Waals surface area (Å²) in [7, 11) is 0. The van der Waals surface area contributed by atoms with Gasteiger partial charge in [0.25, 0.3) is 11.8 Å². The Morgan fingerprint density at radius 2 is 1.91 bits per heavy atom. The van der Waals surface area contributed by atoms with Crippen molar-refractivity contribution in [3.8, 4) is 5.75 Å². The number of amidine groups is 1. The maximum absolute atomic E-state index is 13.0. The molecule has 2 amide bonds. The summed E-state index contributed by atoms with van der Waals surface area (Å²) in [5, 5.41) is 6.43. The molecule has 0 bridgehead atoms. The van der Waals surface area contributed by atoms with E-state index in [1.54, 1.807) is 42.5 Å². The van der Waals surface area contributed by atoms with Crippen molar-refractivity contribution < 1.29 is 18.7 Å². The average molecular weight is 496 g/mol. The summed E-state index contributed by atoms with van der Waals surface area (Å²) in [5.74, 6) is -0.629. The van der Waals surface area contributed by atoms with Crippen molar-refractivity contribution in [1.29, 1.82) is 0 Å². The summed E-state index contributed by atoms with van der Waals surface area (Å²) in [5.41, 5.74) is 2.59. The minimum atomic E-state index is -0.395. The lowest BCUT2D eigenvalue weighted by Gasteiger charge is -2.10. The summed E-state index contributed by atoms with van der Waals surface area (Å²) in [6.07, 6.45) is 1.68. The van der Waals surface area contributed by atoms with Gasteiger partial charge in [0.15, 0.2) is 11.8 Å². The van der Waals surface area contributed by atoms with Crippen molar-refractivity contribution >= 4 is 57.8 Å². The second-order valence-electron chi connectivity index (χ2n) is 7.25. The van der Waals surface area contributed by atoms with E-state index in [1.165, 1.54) is 36.0 Å². The minimum Gasteiger partial charge on any atom is -0.483 e. The molecule has 0 saturated carbocycles. The smallest absolute Gasteiger partial charge is 0.264 e. The number of amides is 2. The van der Waals surface area contributed by atoms with E-state index in [4.69, 9.17) is 16.3 Å². The predicted octanol–water partition coefficient (Wildman–Crippen LogP) is 5.70. The largest absolute Gasteiger partial charge is 0.483 e. The molecule has 0 atom stereocenters. The molecule has 1 fully saturated rings. The third kappa shape index (κ3) is 5.84. The number of para-hydroxylation sites is 1. The van der Waals surface area contributed by atoms with Crippen LogP contribution in [0.25, 0.3) is 6.08 Å². The van der Waals surface area contributed by atoms with Crippen LogP contribution in [0.15, 0.2) is 76.6 Å². The molecular weight excluding hydrogens is 477 g/mol. The fourth-order valence-electron chi connectivity index (χ4n) is 3.05. The molecule has 3 aromatic rings. The average Bonchev–Trinajstić information content (AvgIpc) is 3.16. The zero-order valence-electron chi connectivity index (χ0n) is 18.0. The van der Waals surface area contributed by atoms with Crippen molar-refractivity contribution in [1.82, 2.24) is 5.32 Å². The van der Waals surface area contributed by atoms with Gasteiger partial charge in [-0.3, -0.25) is 9.59 Å². The molecular formula is C25H19ClFN3O3S. The van der Waals surface area contributed by atoms with Crippen molar-refractivity contribution in [2.45, 2.75) is 6.92 Å². The molecule has 0 unspecified atom stereocenters. The number of hydrogen-bond donors (Lipinski definition) is 2. The standard InChI is InChI=1S/C25H19ClFN3O3S/c1-15-19(26)6-4-7-20(15)29-25-30-24(32)22(34-25)13-16-5-2-3-8-21(16)33-14-23(31)28-18-11-9-17(27)10-12-18/h2-13H,14H2,1H3,(H,28,31)(H,29,30,32)/b22-13+. The molecule has 34 heavy (non-hydrogen) atoms. The highest BCUT2D eigenvalue weighted by molar-refractivity contribution is 8.18. The van der Waals surface area contributed by atoms with E-state index in [0.717, 1.165) is 5.56 Å². The molecule has 9 heteroatoms. The van der Waals surface area contributed by atoms with E-state index in [2.05, 4.69) is 15.6 Å². The Kier molecular flexibility index (Phi) is 7.30. The van der Waals surface area contributed by atoms with Crippen LogP contribution in [-0.2, 0) is 9.59 Å². The van der Waals surface area contributed by atoms with E-state index in [1.807, 2.05) is 13.0 Å². The van der Waals surface area contributed by atoms with Crippen molar-refractivity contribution in [3.05, 3.63) is 93.6 Å². The highest BCUT2D eigenvalue weighted by atomic mass is 35.5. The fraction of sp³-hybridized carbons (Fsp3) is 0.0800. The number of hydrogen-bond acceptors (Lipinski definition) is 5. The monoisotopic (exact) mass is 495 g/mol. The normalized spacial score (nSPS) is 15.4. The molecule has 4 rings (SSSR count). The summed E-state index contributed by atoms with van der Waals surface area (Å²) in [6.45, 7) is 1.61. The quantitative estimate of drug-likeness (QED) is 0.430. The number of nitrogens with one attached hydrogen (secondary N) is 2. The summed E-state index contributed by atoms with van der Waals surface area (Å²) in [6, 6.07) is 17.9. The van der Waals surface area contributed by atoms with Crippen LogP contribution < -0.4 is 15.4 Å². The molecule has 0 radical (unpaired) electrons. The second kappa shape index (κ2) is 10.5. The molecule has 1 saturated heterocycles. The number of aliphatic imine (C=N–C) groups is 1. The molecule has 3 aromatic carbocycles. The zero-order chi connectivity index (χ0) is 24.1. The van der Waals surface area contributed by atoms with Crippen LogP contribution in [0.3, 0.4) is 0 Å². The number of halogens is 2. The van der Waals surface area contributed by atoms with E-state index < -0.39 is 5.91 Å². The Balaban J connectivity index is 1.45.